The minimum absolute atomic E-state index is 0.173. The van der Waals surface area contributed by atoms with Crippen molar-refractivity contribution in [3.8, 4) is 16.8 Å². The Balaban J connectivity index is 1.38. The fraction of sp³-hybridized carbons (Fsp3) is 0.103. The molecule has 0 amide bonds. The Kier molecular flexibility index (Phi) is 6.01. The second kappa shape index (κ2) is 9.89. The lowest BCUT2D eigenvalue weighted by atomic mass is 10.0. The number of thiol groups is 1. The van der Waals surface area contributed by atoms with Crippen LogP contribution in [0.15, 0.2) is 84.3 Å². The Morgan fingerprint density at radius 3 is 2.64 bits per heavy atom. The first-order valence-electron chi connectivity index (χ1n) is 13.2. The predicted octanol–water partition coefficient (Wildman–Crippen LogP) is 4.32. The fourth-order valence-electron chi connectivity index (χ4n) is 5.45. The van der Waals surface area contributed by atoms with Crippen molar-refractivity contribution in [3.05, 3.63) is 101 Å². The second-order valence-corrected chi connectivity index (χ2v) is 10.7. The first-order valence-corrected chi connectivity index (χ1v) is 14.3. The molecule has 0 aliphatic heterocycles. The molecule has 0 fully saturated rings. The standard InChI is InChI=1S/C29H25N9O3S/c1-16-9-11-37-25(16)29(39)38(19-6-4-3-5-7-19)28(35-37)17(2)34-27-24-22(14-31-26(24)32-15-33-27)21-12-18(36-42(40)41)13-23-20(21)8-10-30-23/h3-15,17,30,42H,1-2H3,(H,36,40,41)(H2,31,32,33,34)/t17-/m0/s1. The third-order valence-electron chi connectivity index (χ3n) is 7.32. The van der Waals surface area contributed by atoms with E-state index < -0.39 is 16.9 Å². The molecule has 0 spiro atoms. The number of aromatic nitrogens is 7. The Morgan fingerprint density at radius 2 is 1.83 bits per heavy atom. The molecular formula is C29H25N9O3S. The van der Waals surface area contributed by atoms with E-state index in [9.17, 15) is 13.2 Å². The van der Waals surface area contributed by atoms with Crippen molar-refractivity contribution >= 4 is 49.8 Å². The van der Waals surface area contributed by atoms with E-state index in [1.54, 1.807) is 33.6 Å². The number of aryl methyl sites for hydroxylation is 1. The number of nitrogens with one attached hydrogen (secondary N) is 4. The van der Waals surface area contributed by atoms with Crippen LogP contribution in [0.5, 0.6) is 0 Å². The topological polar surface area (TPSA) is 155 Å². The fourth-order valence-corrected chi connectivity index (χ4v) is 5.79. The first-order chi connectivity index (χ1) is 20.4. The molecule has 7 aromatic rings. The van der Waals surface area contributed by atoms with Crippen LogP contribution in [0.3, 0.4) is 0 Å². The number of hydrogen-bond donors (Lipinski definition) is 5. The smallest absolute Gasteiger partial charge is 0.282 e. The molecule has 210 valence electrons. The van der Waals surface area contributed by atoms with Gasteiger partial charge in [-0.05, 0) is 61.4 Å². The minimum Gasteiger partial charge on any atom is -0.361 e. The molecule has 42 heavy (non-hydrogen) atoms. The van der Waals surface area contributed by atoms with Gasteiger partial charge in [0.25, 0.3) is 5.56 Å². The lowest BCUT2D eigenvalue weighted by Crippen LogP contribution is -2.29. The molecule has 12 nitrogen and oxygen atoms in total. The van der Waals surface area contributed by atoms with Crippen LogP contribution in [0, 0.1) is 6.92 Å². The summed E-state index contributed by atoms with van der Waals surface area (Å²) in [5.41, 5.74) is 5.23. The quantitative estimate of drug-likeness (QED) is 0.176. The molecule has 2 aromatic carbocycles. The largest absolute Gasteiger partial charge is 0.361 e. The highest BCUT2D eigenvalue weighted by atomic mass is 32.2. The molecule has 4 N–H and O–H groups in total. The summed E-state index contributed by atoms with van der Waals surface area (Å²) in [6, 6.07) is 16.3. The van der Waals surface area contributed by atoms with E-state index in [1.807, 2.05) is 62.5 Å². The predicted molar refractivity (Wildman–Crippen MR) is 163 cm³/mol. The van der Waals surface area contributed by atoms with Gasteiger partial charge in [-0.2, -0.15) is 5.10 Å². The number of aromatic amines is 2. The number of rotatable bonds is 7. The summed E-state index contributed by atoms with van der Waals surface area (Å²) in [5.74, 6) is 1.02. The number of fused-ring (bicyclic) bond motifs is 3. The Morgan fingerprint density at radius 1 is 1.00 bits per heavy atom. The van der Waals surface area contributed by atoms with Gasteiger partial charge in [0.1, 0.15) is 23.3 Å². The number of hydrogen-bond acceptors (Lipinski definition) is 7. The summed E-state index contributed by atoms with van der Waals surface area (Å²) in [5, 5.41) is 9.93. The zero-order valence-corrected chi connectivity index (χ0v) is 23.4. The lowest BCUT2D eigenvalue weighted by molar-refractivity contribution is 0.619. The molecule has 5 aromatic heterocycles. The molecule has 0 aliphatic carbocycles. The van der Waals surface area contributed by atoms with Crippen molar-refractivity contribution in [3.63, 3.8) is 0 Å². The summed E-state index contributed by atoms with van der Waals surface area (Å²) in [6.07, 6.45) is 6.86. The maximum absolute atomic E-state index is 13.8. The second-order valence-electron chi connectivity index (χ2n) is 9.97. The average Bonchev–Trinajstić information content (AvgIpc) is 3.71. The van der Waals surface area contributed by atoms with Crippen LogP contribution >= 0.6 is 0 Å². The molecule has 1 atom stereocenters. The normalized spacial score (nSPS) is 12.5. The molecule has 5 heterocycles. The Labute approximate surface area is 240 Å². The number of anilines is 2. The van der Waals surface area contributed by atoms with Crippen LogP contribution in [0.25, 0.3) is 44.3 Å². The summed E-state index contributed by atoms with van der Waals surface area (Å²) >= 11 is 0. The first kappa shape index (κ1) is 25.5. The minimum atomic E-state index is -2.85. The van der Waals surface area contributed by atoms with Crippen LogP contribution in [-0.2, 0) is 10.9 Å². The lowest BCUT2D eigenvalue weighted by Gasteiger charge is -2.20. The Bertz CT molecular complexity index is 2250. The number of nitrogens with zero attached hydrogens (tertiary/aromatic N) is 5. The van der Waals surface area contributed by atoms with E-state index in [0.717, 1.165) is 27.6 Å². The van der Waals surface area contributed by atoms with Gasteiger partial charge in [0.15, 0.2) is 5.82 Å². The van der Waals surface area contributed by atoms with Crippen molar-refractivity contribution < 1.29 is 8.42 Å². The van der Waals surface area contributed by atoms with Crippen LogP contribution in [-0.4, -0.2) is 42.5 Å². The summed E-state index contributed by atoms with van der Waals surface area (Å²) < 4.78 is 28.6. The SMILES string of the molecule is Cc1ccn2nc([C@H](C)Nc3ncnc4[nH]cc(-c5cc(N[SH](=O)=O)cc6[nH]ccc56)c34)n(-c3ccccc3)c(=O)c12. The van der Waals surface area contributed by atoms with Gasteiger partial charge in [-0.1, -0.05) is 18.2 Å². The summed E-state index contributed by atoms with van der Waals surface area (Å²) in [6.45, 7) is 3.81. The van der Waals surface area contributed by atoms with Crippen molar-refractivity contribution in [1.82, 2.24) is 34.1 Å². The van der Waals surface area contributed by atoms with Gasteiger partial charge in [0.05, 0.1) is 22.8 Å². The zero-order chi connectivity index (χ0) is 29.0. The van der Waals surface area contributed by atoms with Gasteiger partial charge in [-0.3, -0.25) is 14.1 Å². The van der Waals surface area contributed by atoms with Crippen LogP contribution < -0.4 is 15.6 Å². The highest BCUT2D eigenvalue weighted by molar-refractivity contribution is 7.73. The van der Waals surface area contributed by atoms with Gasteiger partial charge in [-0.25, -0.2) is 22.9 Å². The molecule has 0 unspecified atom stereocenters. The monoisotopic (exact) mass is 579 g/mol. The van der Waals surface area contributed by atoms with Crippen LogP contribution in [0.4, 0.5) is 11.5 Å². The average molecular weight is 580 g/mol. The molecular weight excluding hydrogens is 554 g/mol. The Hall–Kier alpha value is -5.43. The van der Waals surface area contributed by atoms with Gasteiger partial charge in [0.2, 0.25) is 10.9 Å². The van der Waals surface area contributed by atoms with E-state index in [1.165, 1.54) is 6.33 Å². The van der Waals surface area contributed by atoms with E-state index in [4.69, 9.17) is 5.10 Å². The number of benzene rings is 2. The maximum Gasteiger partial charge on any atom is 0.282 e. The zero-order valence-electron chi connectivity index (χ0n) is 22.5. The maximum atomic E-state index is 13.8. The van der Waals surface area contributed by atoms with Crippen LogP contribution in [0.1, 0.15) is 24.4 Å². The molecule has 0 bridgehead atoms. The van der Waals surface area contributed by atoms with E-state index in [2.05, 4.69) is 30.0 Å². The molecule has 0 radical (unpaired) electrons. The molecule has 0 saturated heterocycles. The van der Waals surface area contributed by atoms with Gasteiger partial charge in [-0.15, -0.1) is 0 Å². The molecule has 0 aliphatic rings. The number of para-hydroxylation sites is 1. The highest BCUT2D eigenvalue weighted by Crippen LogP contribution is 2.38. The molecule has 13 heteroatoms. The van der Waals surface area contributed by atoms with Gasteiger partial charge in [0, 0.05) is 35.1 Å². The van der Waals surface area contributed by atoms with E-state index in [0.29, 0.717) is 39.6 Å². The van der Waals surface area contributed by atoms with Crippen molar-refractivity contribution in [2.24, 2.45) is 0 Å². The van der Waals surface area contributed by atoms with Gasteiger partial charge >= 0.3 is 0 Å². The highest BCUT2D eigenvalue weighted by Gasteiger charge is 2.22. The van der Waals surface area contributed by atoms with Gasteiger partial charge < -0.3 is 15.3 Å². The summed E-state index contributed by atoms with van der Waals surface area (Å²) in [4.78, 5) is 29.2. The molecule has 7 rings (SSSR count). The third-order valence-corrected chi connectivity index (χ3v) is 7.76. The van der Waals surface area contributed by atoms with Crippen molar-refractivity contribution in [1.29, 1.82) is 0 Å². The van der Waals surface area contributed by atoms with Crippen LogP contribution in [0.2, 0.25) is 0 Å². The van der Waals surface area contributed by atoms with E-state index >= 15 is 0 Å². The molecule has 0 saturated carbocycles. The summed E-state index contributed by atoms with van der Waals surface area (Å²) in [7, 11) is -2.85. The third kappa shape index (κ3) is 4.18. The van der Waals surface area contributed by atoms with E-state index in [-0.39, 0.29) is 5.56 Å². The number of H-pyrrole nitrogens is 2. The van der Waals surface area contributed by atoms with Crippen molar-refractivity contribution in [2.45, 2.75) is 19.9 Å². The van der Waals surface area contributed by atoms with Crippen molar-refractivity contribution in [2.75, 3.05) is 10.0 Å².